The van der Waals surface area contributed by atoms with Gasteiger partial charge in [0.05, 0.1) is 6.54 Å². The fourth-order valence-corrected chi connectivity index (χ4v) is 3.63. The predicted molar refractivity (Wildman–Crippen MR) is 77.3 cm³/mol. The number of aliphatic hydroxyl groups excluding tert-OH is 1. The molecule has 1 fully saturated rings. The number of likely N-dealkylation sites (tertiary alicyclic amines) is 1. The third kappa shape index (κ3) is 4.24. The summed E-state index contributed by atoms with van der Waals surface area (Å²) >= 11 is 1.71. The van der Waals surface area contributed by atoms with E-state index in [4.69, 9.17) is 4.74 Å². The van der Waals surface area contributed by atoms with Gasteiger partial charge in [-0.3, -0.25) is 4.90 Å². The Hall–Kier alpha value is -0.490. The lowest BCUT2D eigenvalue weighted by atomic mass is 9.77. The standard InChI is InChI=1S/C14H24N2O2S/c1-18-8-3-5-14(12-17)4-2-7-16(11-14)10-13-15-6-9-19-13/h6,9,17H,2-5,7-8,10-12H2,1H3/t14-/m0/s1. The van der Waals surface area contributed by atoms with Crippen molar-refractivity contribution in [2.75, 3.05) is 33.4 Å². The average Bonchev–Trinajstić information content (AvgIpc) is 2.92. The Kier molecular flexibility index (Phi) is 5.76. The van der Waals surface area contributed by atoms with Crippen LogP contribution in [0.15, 0.2) is 11.6 Å². The first kappa shape index (κ1) is 14.9. The number of nitrogens with zero attached hydrogens (tertiary/aromatic N) is 2. The molecule has 2 heterocycles. The zero-order valence-corrected chi connectivity index (χ0v) is 12.5. The smallest absolute Gasteiger partial charge is 0.107 e. The van der Waals surface area contributed by atoms with Crippen molar-refractivity contribution in [1.82, 2.24) is 9.88 Å². The molecule has 0 saturated carbocycles. The highest BCUT2D eigenvalue weighted by Gasteiger charge is 2.34. The van der Waals surface area contributed by atoms with Crippen molar-refractivity contribution in [1.29, 1.82) is 0 Å². The molecule has 1 aromatic heterocycles. The molecule has 0 bridgehead atoms. The van der Waals surface area contributed by atoms with Crippen LogP contribution in [0.3, 0.4) is 0 Å². The Bertz CT molecular complexity index is 358. The van der Waals surface area contributed by atoms with Crippen molar-refractivity contribution in [2.45, 2.75) is 32.2 Å². The molecule has 1 N–H and O–H groups in total. The highest BCUT2D eigenvalue weighted by Crippen LogP contribution is 2.34. The lowest BCUT2D eigenvalue weighted by Crippen LogP contribution is -2.45. The first-order chi connectivity index (χ1) is 9.28. The zero-order valence-electron chi connectivity index (χ0n) is 11.7. The summed E-state index contributed by atoms with van der Waals surface area (Å²) in [5.74, 6) is 0. The molecule has 0 unspecified atom stereocenters. The number of rotatable bonds is 7. The molecular formula is C14H24N2O2S. The first-order valence-corrected chi connectivity index (χ1v) is 7.86. The molecule has 1 aliphatic rings. The molecule has 0 radical (unpaired) electrons. The predicted octanol–water partition coefficient (Wildman–Crippen LogP) is 2.14. The number of thiazole rings is 1. The maximum atomic E-state index is 9.80. The number of methoxy groups -OCH3 is 1. The van der Waals surface area contributed by atoms with E-state index in [9.17, 15) is 5.11 Å². The van der Waals surface area contributed by atoms with E-state index in [-0.39, 0.29) is 12.0 Å². The number of piperidine rings is 1. The van der Waals surface area contributed by atoms with Crippen LogP contribution in [0.2, 0.25) is 0 Å². The van der Waals surface area contributed by atoms with Crippen LogP contribution in [0.25, 0.3) is 0 Å². The third-order valence-corrected chi connectivity index (χ3v) is 4.74. The van der Waals surface area contributed by atoms with Gasteiger partial charge in [0.15, 0.2) is 0 Å². The van der Waals surface area contributed by atoms with Gasteiger partial charge in [0, 0.05) is 43.9 Å². The Morgan fingerprint density at radius 1 is 1.58 bits per heavy atom. The summed E-state index contributed by atoms with van der Waals surface area (Å²) in [4.78, 5) is 6.79. The van der Waals surface area contributed by atoms with E-state index in [1.807, 2.05) is 11.6 Å². The fraction of sp³-hybridized carbons (Fsp3) is 0.786. The molecule has 1 aliphatic heterocycles. The number of aliphatic hydroxyl groups is 1. The molecule has 1 atom stereocenters. The lowest BCUT2D eigenvalue weighted by molar-refractivity contribution is 0.0158. The summed E-state index contributed by atoms with van der Waals surface area (Å²) in [7, 11) is 1.74. The number of aromatic nitrogens is 1. The van der Waals surface area contributed by atoms with Crippen LogP contribution in [0.5, 0.6) is 0 Å². The molecule has 0 spiro atoms. The second kappa shape index (κ2) is 7.33. The number of hydrogen-bond donors (Lipinski definition) is 1. The average molecular weight is 284 g/mol. The van der Waals surface area contributed by atoms with E-state index in [1.54, 1.807) is 18.4 Å². The van der Waals surface area contributed by atoms with Crippen LogP contribution < -0.4 is 0 Å². The summed E-state index contributed by atoms with van der Waals surface area (Å²) in [6.45, 7) is 4.08. The molecule has 0 aromatic carbocycles. The van der Waals surface area contributed by atoms with Crippen LogP contribution in [0.1, 0.15) is 30.7 Å². The summed E-state index contributed by atoms with van der Waals surface area (Å²) < 4.78 is 5.13. The first-order valence-electron chi connectivity index (χ1n) is 6.98. The summed E-state index contributed by atoms with van der Waals surface area (Å²) in [5.41, 5.74) is 0.0635. The molecule has 19 heavy (non-hydrogen) atoms. The van der Waals surface area contributed by atoms with Gasteiger partial charge in [-0.25, -0.2) is 4.98 Å². The van der Waals surface area contributed by atoms with Crippen molar-refractivity contribution in [3.05, 3.63) is 16.6 Å². The zero-order chi connectivity index (χ0) is 13.6. The highest BCUT2D eigenvalue weighted by molar-refractivity contribution is 7.09. The molecule has 1 aromatic rings. The topological polar surface area (TPSA) is 45.6 Å². The van der Waals surface area contributed by atoms with Crippen LogP contribution in [-0.4, -0.2) is 48.4 Å². The summed E-state index contributed by atoms with van der Waals surface area (Å²) in [6, 6.07) is 0. The third-order valence-electron chi connectivity index (χ3n) is 3.97. The van der Waals surface area contributed by atoms with Gasteiger partial charge in [-0.05, 0) is 32.2 Å². The van der Waals surface area contributed by atoms with E-state index in [0.29, 0.717) is 0 Å². The van der Waals surface area contributed by atoms with Gasteiger partial charge in [-0.15, -0.1) is 11.3 Å². The van der Waals surface area contributed by atoms with Crippen molar-refractivity contribution < 1.29 is 9.84 Å². The second-order valence-corrected chi connectivity index (χ2v) is 6.47. The van der Waals surface area contributed by atoms with Gasteiger partial charge in [-0.2, -0.15) is 0 Å². The van der Waals surface area contributed by atoms with Crippen molar-refractivity contribution in [3.8, 4) is 0 Å². The lowest BCUT2D eigenvalue weighted by Gasteiger charge is -2.41. The van der Waals surface area contributed by atoms with Crippen LogP contribution >= 0.6 is 11.3 Å². The number of hydrogen-bond acceptors (Lipinski definition) is 5. The molecule has 4 nitrogen and oxygen atoms in total. The summed E-state index contributed by atoms with van der Waals surface area (Å²) in [6.07, 6.45) is 6.23. The quantitative estimate of drug-likeness (QED) is 0.779. The Labute approximate surface area is 119 Å². The van der Waals surface area contributed by atoms with Gasteiger partial charge >= 0.3 is 0 Å². The van der Waals surface area contributed by atoms with Crippen molar-refractivity contribution in [2.24, 2.45) is 5.41 Å². The minimum atomic E-state index is 0.0635. The van der Waals surface area contributed by atoms with Crippen molar-refractivity contribution >= 4 is 11.3 Å². The van der Waals surface area contributed by atoms with Gasteiger partial charge in [0.2, 0.25) is 0 Å². The van der Waals surface area contributed by atoms with E-state index in [0.717, 1.165) is 45.5 Å². The maximum absolute atomic E-state index is 9.80. The van der Waals surface area contributed by atoms with E-state index in [1.165, 1.54) is 11.4 Å². The molecule has 0 amide bonds. The molecule has 2 rings (SSSR count). The van der Waals surface area contributed by atoms with E-state index < -0.39 is 0 Å². The Morgan fingerprint density at radius 2 is 2.47 bits per heavy atom. The minimum Gasteiger partial charge on any atom is -0.396 e. The maximum Gasteiger partial charge on any atom is 0.107 e. The van der Waals surface area contributed by atoms with Crippen LogP contribution in [-0.2, 0) is 11.3 Å². The highest BCUT2D eigenvalue weighted by atomic mass is 32.1. The Morgan fingerprint density at radius 3 is 3.16 bits per heavy atom. The van der Waals surface area contributed by atoms with Gasteiger partial charge in [0.25, 0.3) is 0 Å². The monoisotopic (exact) mass is 284 g/mol. The van der Waals surface area contributed by atoms with Crippen LogP contribution in [0.4, 0.5) is 0 Å². The molecule has 1 saturated heterocycles. The Balaban J connectivity index is 1.89. The number of ether oxygens (including phenoxy) is 1. The minimum absolute atomic E-state index is 0.0635. The fourth-order valence-electron chi connectivity index (χ4n) is 2.97. The molecule has 108 valence electrons. The van der Waals surface area contributed by atoms with Gasteiger partial charge in [0.1, 0.15) is 5.01 Å². The molecule has 5 heteroatoms. The largest absolute Gasteiger partial charge is 0.396 e. The normalized spacial score (nSPS) is 24.7. The van der Waals surface area contributed by atoms with E-state index >= 15 is 0 Å². The summed E-state index contributed by atoms with van der Waals surface area (Å²) in [5, 5.41) is 13.0. The molecular weight excluding hydrogens is 260 g/mol. The van der Waals surface area contributed by atoms with E-state index in [2.05, 4.69) is 9.88 Å². The molecule has 0 aliphatic carbocycles. The SMILES string of the molecule is COCCC[C@@]1(CO)CCCN(Cc2nccs2)C1. The van der Waals surface area contributed by atoms with Gasteiger partial charge < -0.3 is 9.84 Å². The second-order valence-electron chi connectivity index (χ2n) is 5.49. The van der Waals surface area contributed by atoms with Gasteiger partial charge in [-0.1, -0.05) is 0 Å². The van der Waals surface area contributed by atoms with Crippen molar-refractivity contribution in [3.63, 3.8) is 0 Å². The van der Waals surface area contributed by atoms with Crippen LogP contribution in [0, 0.1) is 5.41 Å².